The van der Waals surface area contributed by atoms with E-state index in [1.54, 1.807) is 12.1 Å². The molecule has 8 nitrogen and oxygen atoms in total. The van der Waals surface area contributed by atoms with E-state index >= 15 is 0 Å². The van der Waals surface area contributed by atoms with Crippen LogP contribution in [0.2, 0.25) is 0 Å². The lowest BCUT2D eigenvalue weighted by Crippen LogP contribution is -2.52. The van der Waals surface area contributed by atoms with Crippen LogP contribution >= 0.6 is 0 Å². The molecule has 2 fully saturated rings. The molecule has 3 aliphatic rings. The summed E-state index contributed by atoms with van der Waals surface area (Å²) in [6.45, 7) is 9.86. The standard InChI is InChI=1S/C33H47FN4O4/c1-21(39)36-27(16-22-6-8-23(34)9-7-22)29(40)20-35-28-19-33(12-5-13-33)42-30-26(28)17-25(18-32(2,3)4)38-31(30)37-24-10-14-41-15-11-24/h6-9,17,24,27-29,35,40H,5,10-16,18-20H2,1-4H3,(H,36,39)(H,37,38)/t27-,28-,29-/m0/s1. The second kappa shape index (κ2) is 12.9. The zero-order valence-electron chi connectivity index (χ0n) is 25.5. The number of aliphatic hydroxyl groups is 1. The van der Waals surface area contributed by atoms with Crippen molar-refractivity contribution >= 4 is 11.7 Å². The van der Waals surface area contributed by atoms with Gasteiger partial charge in [0, 0.05) is 56.4 Å². The number of ether oxygens (including phenoxy) is 2. The Kier molecular flexibility index (Phi) is 9.40. The molecule has 1 saturated carbocycles. The van der Waals surface area contributed by atoms with Gasteiger partial charge < -0.3 is 30.5 Å². The molecule has 1 aromatic heterocycles. The molecule has 1 amide bonds. The van der Waals surface area contributed by atoms with Crippen molar-refractivity contribution in [3.63, 3.8) is 0 Å². The minimum Gasteiger partial charge on any atom is -0.483 e. The summed E-state index contributed by atoms with van der Waals surface area (Å²) >= 11 is 0. The highest BCUT2D eigenvalue weighted by Gasteiger charge is 2.47. The first kappa shape index (κ1) is 30.7. The summed E-state index contributed by atoms with van der Waals surface area (Å²) in [5, 5.41) is 21.6. The number of aliphatic hydroxyl groups excluding tert-OH is 1. The molecular weight excluding hydrogens is 535 g/mol. The van der Waals surface area contributed by atoms with Crippen molar-refractivity contribution in [1.82, 2.24) is 15.6 Å². The minimum atomic E-state index is -0.849. The molecule has 3 heterocycles. The largest absolute Gasteiger partial charge is 0.483 e. The van der Waals surface area contributed by atoms with Gasteiger partial charge in [-0.15, -0.1) is 0 Å². The highest BCUT2D eigenvalue weighted by Crippen LogP contribution is 2.51. The van der Waals surface area contributed by atoms with Crippen LogP contribution < -0.4 is 20.7 Å². The van der Waals surface area contributed by atoms with Crippen LogP contribution in [0.15, 0.2) is 30.3 Å². The Morgan fingerprint density at radius 2 is 1.90 bits per heavy atom. The quantitative estimate of drug-likeness (QED) is 0.318. The van der Waals surface area contributed by atoms with Crippen LogP contribution in [-0.2, 0) is 22.4 Å². The van der Waals surface area contributed by atoms with Gasteiger partial charge in [-0.1, -0.05) is 32.9 Å². The number of aromatic nitrogens is 1. The van der Waals surface area contributed by atoms with E-state index in [1.807, 2.05) is 0 Å². The average molecular weight is 583 g/mol. The second-order valence-corrected chi connectivity index (χ2v) is 13.7. The van der Waals surface area contributed by atoms with Gasteiger partial charge in [0.1, 0.15) is 11.4 Å². The zero-order valence-corrected chi connectivity index (χ0v) is 25.5. The lowest BCUT2D eigenvalue weighted by molar-refractivity contribution is -0.120. The molecule has 1 spiro atoms. The van der Waals surface area contributed by atoms with Gasteiger partial charge in [0.25, 0.3) is 0 Å². The second-order valence-electron chi connectivity index (χ2n) is 13.7. The van der Waals surface area contributed by atoms with E-state index in [0.29, 0.717) is 6.42 Å². The number of pyridine rings is 1. The van der Waals surface area contributed by atoms with Crippen molar-refractivity contribution < 1.29 is 23.8 Å². The maximum atomic E-state index is 13.5. The van der Waals surface area contributed by atoms with Crippen LogP contribution in [0.4, 0.5) is 10.2 Å². The van der Waals surface area contributed by atoms with Crippen molar-refractivity contribution in [2.24, 2.45) is 5.41 Å². The number of fused-ring (bicyclic) bond motifs is 1. The third-order valence-electron chi connectivity index (χ3n) is 8.66. The Morgan fingerprint density at radius 1 is 1.19 bits per heavy atom. The van der Waals surface area contributed by atoms with Gasteiger partial charge in [-0.25, -0.2) is 9.37 Å². The summed E-state index contributed by atoms with van der Waals surface area (Å²) in [6.07, 6.45) is 6.16. The number of anilines is 1. The normalized spacial score (nSPS) is 21.5. The number of carbonyl (C=O) groups excluding carboxylic acids is 1. The summed E-state index contributed by atoms with van der Waals surface area (Å²) in [7, 11) is 0. The molecule has 4 N–H and O–H groups in total. The smallest absolute Gasteiger partial charge is 0.217 e. The van der Waals surface area contributed by atoms with Gasteiger partial charge >= 0.3 is 0 Å². The fraction of sp³-hybridized carbons (Fsp3) is 0.636. The average Bonchev–Trinajstić information content (AvgIpc) is 2.91. The number of halogens is 1. The lowest BCUT2D eigenvalue weighted by Gasteiger charge is -2.48. The molecule has 42 heavy (non-hydrogen) atoms. The number of nitrogens with one attached hydrogen (secondary N) is 3. The van der Waals surface area contributed by atoms with Crippen molar-refractivity contribution in [3.05, 3.63) is 53.0 Å². The molecular formula is C33H47FN4O4. The molecule has 2 aliphatic heterocycles. The number of nitrogens with zero attached hydrogens (tertiary/aromatic N) is 1. The zero-order chi connectivity index (χ0) is 29.9. The molecule has 0 unspecified atom stereocenters. The Hall–Kier alpha value is -2.75. The molecule has 1 saturated heterocycles. The van der Waals surface area contributed by atoms with Gasteiger partial charge in [-0.3, -0.25) is 4.79 Å². The first-order chi connectivity index (χ1) is 20.0. The van der Waals surface area contributed by atoms with Crippen LogP contribution in [0, 0.1) is 11.2 Å². The van der Waals surface area contributed by atoms with Crippen molar-refractivity contribution in [2.45, 2.75) is 109 Å². The number of rotatable bonds is 10. The maximum absolute atomic E-state index is 13.5. The third kappa shape index (κ3) is 7.79. The molecule has 1 aromatic carbocycles. The van der Waals surface area contributed by atoms with Crippen LogP contribution in [0.3, 0.4) is 0 Å². The van der Waals surface area contributed by atoms with E-state index in [-0.39, 0.29) is 41.4 Å². The molecule has 2 aromatic rings. The highest BCUT2D eigenvalue weighted by atomic mass is 19.1. The number of hydrogen-bond donors (Lipinski definition) is 4. The maximum Gasteiger partial charge on any atom is 0.217 e. The number of carbonyl (C=O) groups is 1. The SMILES string of the molecule is CC(=O)N[C@@H](Cc1ccc(F)cc1)[C@@H](O)CN[C@H]1CC2(CCC2)Oc2c1cc(CC(C)(C)C)nc2NC1CCOCC1. The number of amides is 1. The van der Waals surface area contributed by atoms with E-state index in [0.717, 1.165) is 86.5 Å². The van der Waals surface area contributed by atoms with Gasteiger partial charge in [0.2, 0.25) is 5.91 Å². The summed E-state index contributed by atoms with van der Waals surface area (Å²) in [6, 6.07) is 8.08. The Balaban J connectivity index is 1.40. The summed E-state index contributed by atoms with van der Waals surface area (Å²) in [5.74, 6) is 1.10. The third-order valence-corrected chi connectivity index (χ3v) is 8.66. The van der Waals surface area contributed by atoms with E-state index < -0.39 is 12.1 Å². The Labute approximate surface area is 249 Å². The monoisotopic (exact) mass is 582 g/mol. The van der Waals surface area contributed by atoms with Crippen molar-refractivity contribution in [3.8, 4) is 5.75 Å². The lowest BCUT2D eigenvalue weighted by atomic mass is 9.72. The van der Waals surface area contributed by atoms with Crippen LogP contribution in [0.1, 0.15) is 89.1 Å². The van der Waals surface area contributed by atoms with Crippen LogP contribution in [0.5, 0.6) is 5.75 Å². The van der Waals surface area contributed by atoms with Gasteiger partial charge in [0.05, 0.1) is 12.1 Å². The fourth-order valence-corrected chi connectivity index (χ4v) is 6.37. The molecule has 5 rings (SSSR count). The Bertz CT molecular complexity index is 1220. The van der Waals surface area contributed by atoms with Gasteiger partial charge in [0.15, 0.2) is 11.6 Å². The first-order valence-electron chi connectivity index (χ1n) is 15.5. The molecule has 0 radical (unpaired) electrons. The van der Waals surface area contributed by atoms with Crippen molar-refractivity contribution in [1.29, 1.82) is 0 Å². The number of benzene rings is 1. The fourth-order valence-electron chi connectivity index (χ4n) is 6.37. The van der Waals surface area contributed by atoms with Gasteiger partial charge in [-0.05, 0) is 74.1 Å². The van der Waals surface area contributed by atoms with E-state index in [9.17, 15) is 14.3 Å². The first-order valence-corrected chi connectivity index (χ1v) is 15.5. The molecule has 1 aliphatic carbocycles. The summed E-state index contributed by atoms with van der Waals surface area (Å²) in [4.78, 5) is 17.1. The highest BCUT2D eigenvalue weighted by molar-refractivity contribution is 5.73. The van der Waals surface area contributed by atoms with E-state index in [1.165, 1.54) is 19.1 Å². The number of hydrogen-bond acceptors (Lipinski definition) is 7. The molecule has 3 atom stereocenters. The summed E-state index contributed by atoms with van der Waals surface area (Å²) < 4.78 is 25.8. The van der Waals surface area contributed by atoms with Crippen LogP contribution in [-0.4, -0.2) is 59.5 Å². The topological polar surface area (TPSA) is 105 Å². The summed E-state index contributed by atoms with van der Waals surface area (Å²) in [5.41, 5.74) is 2.76. The minimum absolute atomic E-state index is 0.0375. The van der Waals surface area contributed by atoms with E-state index in [2.05, 4.69) is 42.8 Å². The van der Waals surface area contributed by atoms with Crippen LogP contribution in [0.25, 0.3) is 0 Å². The molecule has 0 bridgehead atoms. The predicted molar refractivity (Wildman–Crippen MR) is 161 cm³/mol. The van der Waals surface area contributed by atoms with Gasteiger partial charge in [-0.2, -0.15) is 0 Å². The molecule has 9 heteroatoms. The van der Waals surface area contributed by atoms with E-state index in [4.69, 9.17) is 14.5 Å². The van der Waals surface area contributed by atoms with Crippen molar-refractivity contribution in [2.75, 3.05) is 25.1 Å². The Morgan fingerprint density at radius 3 is 2.52 bits per heavy atom. The molecule has 230 valence electrons. The predicted octanol–water partition coefficient (Wildman–Crippen LogP) is 4.84.